The molecule has 0 amide bonds. The lowest BCUT2D eigenvalue weighted by Crippen LogP contribution is -2.44. The number of hydrogen-bond acceptors (Lipinski definition) is 8. The Morgan fingerprint density at radius 2 is 1.85 bits per heavy atom. The lowest BCUT2D eigenvalue weighted by molar-refractivity contribution is 0.229. The predicted octanol–water partition coefficient (Wildman–Crippen LogP) is 4.26. The molecule has 0 radical (unpaired) electrons. The van der Waals surface area contributed by atoms with E-state index in [9.17, 15) is 0 Å². The molecule has 4 aromatic heterocycles. The Morgan fingerprint density at radius 1 is 1.04 bits per heavy atom. The third-order valence-corrected chi connectivity index (χ3v) is 6.25. The van der Waals surface area contributed by atoms with Crippen molar-refractivity contribution in [3.8, 4) is 22.7 Å². The van der Waals surface area contributed by atoms with Crippen LogP contribution in [-0.2, 0) is 5.54 Å². The topological polar surface area (TPSA) is 104 Å². The molecule has 5 rings (SSSR count). The van der Waals surface area contributed by atoms with Gasteiger partial charge in [0, 0.05) is 15.3 Å². The average Bonchev–Trinajstić information content (AvgIpc) is 3.32. The minimum atomic E-state index is -0.471. The summed E-state index contributed by atoms with van der Waals surface area (Å²) in [7, 11) is 0. The number of aromatic nitrogens is 4. The standard InChI is InChI=1S/C19H19N5O2S/c1-9-7-12(11(3)27-9)14-8-13(15-10(2)23-26-17(15)21-14)16-22-18(24-25-16)19(20)5-4-6-19/h7-8H,4-6,20H2,1-3H3. The van der Waals surface area contributed by atoms with Crippen molar-refractivity contribution in [3.63, 3.8) is 0 Å². The maximum atomic E-state index is 6.35. The van der Waals surface area contributed by atoms with Crippen molar-refractivity contribution in [2.45, 2.75) is 45.6 Å². The summed E-state index contributed by atoms with van der Waals surface area (Å²) in [4.78, 5) is 11.7. The van der Waals surface area contributed by atoms with Crippen LogP contribution in [0.2, 0.25) is 0 Å². The van der Waals surface area contributed by atoms with Gasteiger partial charge in [0.2, 0.25) is 0 Å². The number of rotatable bonds is 3. The molecule has 2 N–H and O–H groups in total. The van der Waals surface area contributed by atoms with Crippen LogP contribution >= 0.6 is 11.3 Å². The first kappa shape index (κ1) is 16.6. The zero-order chi connectivity index (χ0) is 18.8. The predicted molar refractivity (Wildman–Crippen MR) is 102 cm³/mol. The maximum Gasteiger partial charge on any atom is 0.259 e. The third kappa shape index (κ3) is 2.51. The molecule has 138 valence electrons. The molecule has 7 nitrogen and oxygen atoms in total. The third-order valence-electron chi connectivity index (χ3n) is 5.28. The van der Waals surface area contributed by atoms with Crippen LogP contribution < -0.4 is 5.73 Å². The minimum Gasteiger partial charge on any atom is -0.335 e. The Kier molecular flexibility index (Phi) is 3.50. The van der Waals surface area contributed by atoms with Crippen molar-refractivity contribution >= 4 is 22.4 Å². The molecule has 0 spiro atoms. The molecule has 0 aromatic carbocycles. The number of thiophene rings is 1. The molecular weight excluding hydrogens is 362 g/mol. The largest absolute Gasteiger partial charge is 0.335 e. The lowest BCUT2D eigenvalue weighted by atomic mass is 9.77. The highest BCUT2D eigenvalue weighted by Crippen LogP contribution is 2.40. The molecule has 0 saturated heterocycles. The molecule has 1 aliphatic carbocycles. The van der Waals surface area contributed by atoms with Crippen LogP contribution in [0.25, 0.3) is 33.8 Å². The van der Waals surface area contributed by atoms with E-state index in [4.69, 9.17) is 14.8 Å². The summed E-state index contributed by atoms with van der Waals surface area (Å²) in [5.74, 6) is 0.984. The minimum absolute atomic E-state index is 0.422. The highest BCUT2D eigenvalue weighted by Gasteiger charge is 2.39. The van der Waals surface area contributed by atoms with Crippen molar-refractivity contribution in [2.24, 2.45) is 5.73 Å². The number of fused-ring (bicyclic) bond motifs is 1. The van der Waals surface area contributed by atoms with E-state index >= 15 is 0 Å². The molecule has 27 heavy (non-hydrogen) atoms. The zero-order valence-corrected chi connectivity index (χ0v) is 16.2. The smallest absolute Gasteiger partial charge is 0.259 e. The number of pyridine rings is 1. The highest BCUT2D eigenvalue weighted by molar-refractivity contribution is 7.12. The summed E-state index contributed by atoms with van der Waals surface area (Å²) < 4.78 is 11.0. The number of nitrogens with two attached hydrogens (primary N) is 1. The average molecular weight is 381 g/mol. The fourth-order valence-electron chi connectivity index (χ4n) is 3.60. The van der Waals surface area contributed by atoms with Crippen molar-refractivity contribution in [1.29, 1.82) is 0 Å². The van der Waals surface area contributed by atoms with Gasteiger partial charge >= 0.3 is 0 Å². The van der Waals surface area contributed by atoms with Gasteiger partial charge in [-0.2, -0.15) is 4.98 Å². The first-order chi connectivity index (χ1) is 12.9. The normalized spacial score (nSPS) is 16.0. The molecule has 1 fully saturated rings. The van der Waals surface area contributed by atoms with Crippen LogP contribution in [0.15, 0.2) is 21.2 Å². The lowest BCUT2D eigenvalue weighted by Gasteiger charge is -2.34. The quantitative estimate of drug-likeness (QED) is 0.565. The van der Waals surface area contributed by atoms with Gasteiger partial charge in [-0.25, -0.2) is 4.98 Å². The van der Waals surface area contributed by atoms with Gasteiger partial charge in [-0.15, -0.1) is 11.3 Å². The fourth-order valence-corrected chi connectivity index (χ4v) is 4.54. The van der Waals surface area contributed by atoms with E-state index in [1.54, 1.807) is 11.3 Å². The van der Waals surface area contributed by atoms with Crippen molar-refractivity contribution < 1.29 is 9.05 Å². The van der Waals surface area contributed by atoms with Crippen molar-refractivity contribution in [3.05, 3.63) is 33.4 Å². The van der Waals surface area contributed by atoms with Gasteiger partial charge in [0.25, 0.3) is 11.6 Å². The molecule has 0 aliphatic heterocycles. The van der Waals surface area contributed by atoms with Gasteiger partial charge in [0.1, 0.15) is 0 Å². The molecule has 0 unspecified atom stereocenters. The summed E-state index contributed by atoms with van der Waals surface area (Å²) in [5, 5.41) is 9.02. The van der Waals surface area contributed by atoms with E-state index < -0.39 is 5.54 Å². The molecule has 1 aliphatic rings. The summed E-state index contributed by atoms with van der Waals surface area (Å²) in [6.45, 7) is 6.05. The molecule has 0 atom stereocenters. The van der Waals surface area contributed by atoms with E-state index in [2.05, 4.69) is 40.2 Å². The van der Waals surface area contributed by atoms with Gasteiger partial charge in [-0.3, -0.25) is 0 Å². The van der Waals surface area contributed by atoms with Crippen LogP contribution in [0.1, 0.15) is 40.5 Å². The highest BCUT2D eigenvalue weighted by atomic mass is 32.1. The first-order valence-corrected chi connectivity index (χ1v) is 9.74. The Hall–Kier alpha value is -2.58. The van der Waals surface area contributed by atoms with Crippen LogP contribution in [0.5, 0.6) is 0 Å². The zero-order valence-electron chi connectivity index (χ0n) is 15.4. The van der Waals surface area contributed by atoms with Gasteiger partial charge in [0.05, 0.1) is 27.9 Å². The monoisotopic (exact) mass is 381 g/mol. The molecule has 0 bridgehead atoms. The summed E-state index contributed by atoms with van der Waals surface area (Å²) in [6, 6.07) is 4.10. The summed E-state index contributed by atoms with van der Waals surface area (Å²) >= 11 is 1.74. The molecule has 4 aromatic rings. The summed E-state index contributed by atoms with van der Waals surface area (Å²) in [5.41, 5.74) is 9.75. The molecule has 4 heterocycles. The van der Waals surface area contributed by atoms with Crippen molar-refractivity contribution in [1.82, 2.24) is 20.3 Å². The van der Waals surface area contributed by atoms with Gasteiger partial charge < -0.3 is 14.8 Å². The Labute approximate surface area is 159 Å². The van der Waals surface area contributed by atoms with Crippen LogP contribution in [0.3, 0.4) is 0 Å². The van der Waals surface area contributed by atoms with Crippen LogP contribution in [0.4, 0.5) is 0 Å². The van der Waals surface area contributed by atoms with E-state index in [0.717, 1.165) is 47.2 Å². The SMILES string of the molecule is Cc1cc(-c2cc(-c3nc(C4(N)CCC4)no3)c3c(C)noc3n2)c(C)s1. The van der Waals surface area contributed by atoms with E-state index in [1.165, 1.54) is 9.75 Å². The van der Waals surface area contributed by atoms with Crippen LogP contribution in [0, 0.1) is 20.8 Å². The van der Waals surface area contributed by atoms with E-state index in [-0.39, 0.29) is 0 Å². The fraction of sp³-hybridized carbons (Fsp3) is 0.368. The first-order valence-electron chi connectivity index (χ1n) is 8.92. The molecular formula is C19H19N5O2S. The second kappa shape index (κ2) is 5.71. The van der Waals surface area contributed by atoms with Gasteiger partial charge in [-0.05, 0) is 52.2 Å². The molecule has 1 saturated carbocycles. The summed E-state index contributed by atoms with van der Waals surface area (Å²) in [6.07, 6.45) is 2.84. The van der Waals surface area contributed by atoms with Crippen molar-refractivity contribution in [2.75, 3.05) is 0 Å². The number of aryl methyl sites for hydroxylation is 3. The number of nitrogens with zero attached hydrogens (tertiary/aromatic N) is 4. The van der Waals surface area contributed by atoms with Gasteiger partial charge in [0.15, 0.2) is 5.82 Å². The Morgan fingerprint density at radius 3 is 2.52 bits per heavy atom. The number of hydrogen-bond donors (Lipinski definition) is 1. The maximum absolute atomic E-state index is 6.35. The van der Waals surface area contributed by atoms with E-state index in [0.29, 0.717) is 17.4 Å². The van der Waals surface area contributed by atoms with Crippen LogP contribution in [-0.4, -0.2) is 20.3 Å². The second-order valence-electron chi connectivity index (χ2n) is 7.26. The Balaban J connectivity index is 1.71. The molecule has 8 heteroatoms. The second-order valence-corrected chi connectivity index (χ2v) is 8.72. The van der Waals surface area contributed by atoms with E-state index in [1.807, 2.05) is 13.0 Å². The van der Waals surface area contributed by atoms with Gasteiger partial charge in [-0.1, -0.05) is 10.3 Å². The Bertz CT molecular complexity index is 1170.